The van der Waals surface area contributed by atoms with Gasteiger partial charge in [-0.25, -0.2) is 0 Å². The molecule has 3 rings (SSSR count). The first kappa shape index (κ1) is 22.6. The van der Waals surface area contributed by atoms with Crippen molar-refractivity contribution in [2.45, 2.75) is 64.6 Å². The van der Waals surface area contributed by atoms with Gasteiger partial charge >= 0.3 is 0 Å². The summed E-state index contributed by atoms with van der Waals surface area (Å²) in [7, 11) is 0. The van der Waals surface area contributed by atoms with Gasteiger partial charge in [0.15, 0.2) is 0 Å². The molecule has 2 amide bonds. The number of nitrogens with zero attached hydrogens (tertiary/aromatic N) is 1. The van der Waals surface area contributed by atoms with Crippen molar-refractivity contribution in [1.82, 2.24) is 10.2 Å². The number of hydrogen-bond donors (Lipinski definition) is 1. The molecule has 1 saturated carbocycles. The first-order valence-corrected chi connectivity index (χ1v) is 11.2. The third-order valence-corrected chi connectivity index (χ3v) is 6.40. The standard InChI is InChI=1S/C24H28Cl2N2O2/c1-16-7-5-8-18(13-16)15-28(17(2)24(30)27-19-9-3-4-10-19)23(29)14-20-21(25)11-6-12-22(20)26/h5-8,11-13,17,19H,3-4,9-10,14-15H2,1-2H3,(H,27,30). The zero-order valence-corrected chi connectivity index (χ0v) is 19.0. The summed E-state index contributed by atoms with van der Waals surface area (Å²) in [6.07, 6.45) is 4.32. The Morgan fingerprint density at radius 1 is 1.10 bits per heavy atom. The van der Waals surface area contributed by atoms with Gasteiger partial charge in [0.2, 0.25) is 11.8 Å². The van der Waals surface area contributed by atoms with Gasteiger partial charge in [-0.2, -0.15) is 0 Å². The maximum Gasteiger partial charge on any atom is 0.242 e. The fraction of sp³-hybridized carbons (Fsp3) is 0.417. The van der Waals surface area contributed by atoms with E-state index in [-0.39, 0.29) is 24.3 Å². The Morgan fingerprint density at radius 2 is 1.73 bits per heavy atom. The number of hydrogen-bond acceptors (Lipinski definition) is 2. The molecule has 4 nitrogen and oxygen atoms in total. The molecule has 0 spiro atoms. The predicted molar refractivity (Wildman–Crippen MR) is 122 cm³/mol. The van der Waals surface area contributed by atoms with Crippen LogP contribution in [0.25, 0.3) is 0 Å². The van der Waals surface area contributed by atoms with E-state index in [1.165, 1.54) is 0 Å². The van der Waals surface area contributed by atoms with Gasteiger partial charge < -0.3 is 10.2 Å². The van der Waals surface area contributed by atoms with Gasteiger partial charge in [-0.3, -0.25) is 9.59 Å². The summed E-state index contributed by atoms with van der Waals surface area (Å²) in [5, 5.41) is 4.02. The third kappa shape index (κ3) is 5.77. The second kappa shape index (κ2) is 10.3. The van der Waals surface area contributed by atoms with E-state index in [1.54, 1.807) is 30.0 Å². The molecule has 1 fully saturated rings. The van der Waals surface area contributed by atoms with Crippen molar-refractivity contribution in [3.05, 3.63) is 69.2 Å². The number of rotatable bonds is 7. The maximum absolute atomic E-state index is 13.3. The molecule has 6 heteroatoms. The highest BCUT2D eigenvalue weighted by Crippen LogP contribution is 2.26. The average Bonchev–Trinajstić information content (AvgIpc) is 3.21. The summed E-state index contributed by atoms with van der Waals surface area (Å²) in [6, 6.07) is 12.8. The molecule has 0 heterocycles. The summed E-state index contributed by atoms with van der Waals surface area (Å²) in [4.78, 5) is 27.9. The third-order valence-electron chi connectivity index (χ3n) is 5.69. The van der Waals surface area contributed by atoms with Gasteiger partial charge in [0.25, 0.3) is 0 Å². The first-order valence-electron chi connectivity index (χ1n) is 10.4. The number of carbonyl (C=O) groups excluding carboxylic acids is 2. The van der Waals surface area contributed by atoms with Crippen molar-refractivity contribution in [1.29, 1.82) is 0 Å². The van der Waals surface area contributed by atoms with Crippen molar-refractivity contribution in [2.24, 2.45) is 0 Å². The molecule has 160 valence electrons. The molecule has 0 saturated heterocycles. The Labute approximate surface area is 188 Å². The number of halogens is 2. The van der Waals surface area contributed by atoms with Crippen molar-refractivity contribution in [3.63, 3.8) is 0 Å². The zero-order valence-electron chi connectivity index (χ0n) is 17.5. The Morgan fingerprint density at radius 3 is 2.37 bits per heavy atom. The minimum absolute atomic E-state index is 0.0470. The lowest BCUT2D eigenvalue weighted by atomic mass is 10.1. The molecule has 0 radical (unpaired) electrons. The minimum Gasteiger partial charge on any atom is -0.352 e. The van der Waals surface area contributed by atoms with Crippen LogP contribution in [0.5, 0.6) is 0 Å². The first-order chi connectivity index (χ1) is 14.3. The van der Waals surface area contributed by atoms with Crippen LogP contribution in [0.2, 0.25) is 10.0 Å². The molecule has 0 bridgehead atoms. The van der Waals surface area contributed by atoms with Crippen LogP contribution in [0.4, 0.5) is 0 Å². The van der Waals surface area contributed by atoms with Crippen LogP contribution in [0, 0.1) is 6.92 Å². The molecule has 0 aliphatic heterocycles. The Balaban J connectivity index is 1.82. The van der Waals surface area contributed by atoms with E-state index in [9.17, 15) is 9.59 Å². The lowest BCUT2D eigenvalue weighted by Crippen LogP contribution is -2.50. The highest BCUT2D eigenvalue weighted by Gasteiger charge is 2.29. The van der Waals surface area contributed by atoms with Crippen LogP contribution in [0.3, 0.4) is 0 Å². The van der Waals surface area contributed by atoms with Crippen molar-refractivity contribution in [2.75, 3.05) is 0 Å². The molecule has 1 aliphatic carbocycles. The molecular formula is C24H28Cl2N2O2. The fourth-order valence-electron chi connectivity index (χ4n) is 3.94. The molecule has 0 aromatic heterocycles. The van der Waals surface area contributed by atoms with Gasteiger partial charge in [0.1, 0.15) is 6.04 Å². The van der Waals surface area contributed by atoms with E-state index in [1.807, 2.05) is 31.2 Å². The smallest absolute Gasteiger partial charge is 0.242 e. The second-order valence-electron chi connectivity index (χ2n) is 8.05. The van der Waals surface area contributed by atoms with Crippen molar-refractivity contribution >= 4 is 35.0 Å². The van der Waals surface area contributed by atoms with Crippen LogP contribution in [-0.2, 0) is 22.6 Å². The van der Waals surface area contributed by atoms with E-state index < -0.39 is 6.04 Å². The van der Waals surface area contributed by atoms with Crippen LogP contribution < -0.4 is 5.32 Å². The monoisotopic (exact) mass is 446 g/mol. The number of benzene rings is 2. The minimum atomic E-state index is -0.597. The van der Waals surface area contributed by atoms with Gasteiger partial charge in [-0.1, -0.05) is 71.9 Å². The highest BCUT2D eigenvalue weighted by molar-refractivity contribution is 6.36. The SMILES string of the molecule is Cc1cccc(CN(C(=O)Cc2c(Cl)cccc2Cl)C(C)C(=O)NC2CCCC2)c1. The number of amides is 2. The van der Waals surface area contributed by atoms with E-state index in [0.717, 1.165) is 36.8 Å². The largest absolute Gasteiger partial charge is 0.352 e. The quantitative estimate of drug-likeness (QED) is 0.625. The molecular weight excluding hydrogens is 419 g/mol. The summed E-state index contributed by atoms with van der Waals surface area (Å²) < 4.78 is 0. The average molecular weight is 447 g/mol. The fourth-order valence-corrected chi connectivity index (χ4v) is 4.47. The Hall–Kier alpha value is -2.04. The molecule has 1 N–H and O–H groups in total. The van der Waals surface area contributed by atoms with Crippen LogP contribution in [-0.4, -0.2) is 28.8 Å². The highest BCUT2D eigenvalue weighted by atomic mass is 35.5. The topological polar surface area (TPSA) is 49.4 Å². The summed E-state index contributed by atoms with van der Waals surface area (Å²) in [5.41, 5.74) is 2.68. The Kier molecular flexibility index (Phi) is 7.79. The van der Waals surface area contributed by atoms with E-state index in [0.29, 0.717) is 22.2 Å². The van der Waals surface area contributed by atoms with Gasteiger partial charge in [-0.15, -0.1) is 0 Å². The number of aryl methyl sites for hydroxylation is 1. The molecule has 30 heavy (non-hydrogen) atoms. The second-order valence-corrected chi connectivity index (χ2v) is 8.87. The van der Waals surface area contributed by atoms with E-state index in [4.69, 9.17) is 23.2 Å². The molecule has 2 aromatic carbocycles. The zero-order chi connectivity index (χ0) is 21.7. The maximum atomic E-state index is 13.3. The van der Waals surface area contributed by atoms with Crippen LogP contribution >= 0.6 is 23.2 Å². The summed E-state index contributed by atoms with van der Waals surface area (Å²) >= 11 is 12.6. The van der Waals surface area contributed by atoms with Crippen molar-refractivity contribution < 1.29 is 9.59 Å². The molecule has 1 atom stereocenters. The number of nitrogens with one attached hydrogen (secondary N) is 1. The normalized spacial score (nSPS) is 15.1. The van der Waals surface area contributed by atoms with Gasteiger partial charge in [-0.05, 0) is 49.9 Å². The van der Waals surface area contributed by atoms with E-state index >= 15 is 0 Å². The molecule has 1 unspecified atom stereocenters. The van der Waals surface area contributed by atoms with Gasteiger partial charge in [0.05, 0.1) is 6.42 Å². The van der Waals surface area contributed by atoms with Gasteiger partial charge in [0, 0.05) is 22.6 Å². The Bertz CT molecular complexity index is 890. The van der Waals surface area contributed by atoms with Crippen LogP contribution in [0.1, 0.15) is 49.3 Å². The van der Waals surface area contributed by atoms with Crippen molar-refractivity contribution in [3.8, 4) is 0 Å². The van der Waals surface area contributed by atoms with E-state index in [2.05, 4.69) is 5.32 Å². The molecule has 2 aromatic rings. The predicted octanol–water partition coefficient (Wildman–Crippen LogP) is 5.32. The lowest BCUT2D eigenvalue weighted by molar-refractivity contribution is -0.140. The van der Waals surface area contributed by atoms with Crippen LogP contribution in [0.15, 0.2) is 42.5 Å². The summed E-state index contributed by atoms with van der Waals surface area (Å²) in [5.74, 6) is -0.297. The summed E-state index contributed by atoms with van der Waals surface area (Å²) in [6.45, 7) is 4.14. The lowest BCUT2D eigenvalue weighted by Gasteiger charge is -2.30. The molecule has 1 aliphatic rings. The number of carbonyl (C=O) groups is 2.